The highest BCUT2D eigenvalue weighted by Crippen LogP contribution is 2.33. The first-order valence-corrected chi connectivity index (χ1v) is 11.6. The van der Waals surface area contributed by atoms with Crippen molar-refractivity contribution in [1.82, 2.24) is 9.97 Å². The van der Waals surface area contributed by atoms with Crippen molar-refractivity contribution in [1.29, 1.82) is 0 Å². The fourth-order valence-corrected chi connectivity index (χ4v) is 4.88. The van der Waals surface area contributed by atoms with Crippen LogP contribution in [0.25, 0.3) is 0 Å². The minimum Gasteiger partial charge on any atom is -0.390 e. The number of aromatic nitrogens is 2. The van der Waals surface area contributed by atoms with Gasteiger partial charge in [0.2, 0.25) is 0 Å². The molecule has 1 aliphatic rings. The summed E-state index contributed by atoms with van der Waals surface area (Å²) in [5.41, 5.74) is 1.25. The van der Waals surface area contributed by atoms with Crippen molar-refractivity contribution in [2.24, 2.45) is 5.16 Å². The first-order chi connectivity index (χ1) is 14.5. The lowest BCUT2D eigenvalue weighted by atomic mass is 10.1. The first kappa shape index (κ1) is 20.2. The summed E-state index contributed by atoms with van der Waals surface area (Å²) in [6.45, 7) is 0.135. The number of rotatable bonds is 8. The molecule has 2 heterocycles. The predicted molar refractivity (Wildman–Crippen MR) is 113 cm³/mol. The third kappa shape index (κ3) is 4.71. The molecule has 0 spiro atoms. The lowest BCUT2D eigenvalue weighted by Gasteiger charge is -2.08. The minimum atomic E-state index is -3.31. The molecule has 0 atom stereocenters. The van der Waals surface area contributed by atoms with Crippen LogP contribution in [0.5, 0.6) is 0 Å². The Hall–Kier alpha value is -3.11. The number of amides is 1. The molecule has 2 aromatic heterocycles. The van der Waals surface area contributed by atoms with Crippen molar-refractivity contribution in [3.8, 4) is 0 Å². The van der Waals surface area contributed by atoms with Crippen molar-refractivity contribution >= 4 is 37.9 Å². The van der Waals surface area contributed by atoms with Gasteiger partial charge in [-0.25, -0.2) is 13.4 Å². The van der Waals surface area contributed by atoms with Crippen LogP contribution in [0.15, 0.2) is 70.4 Å². The molecule has 0 unspecified atom stereocenters. The van der Waals surface area contributed by atoms with Crippen molar-refractivity contribution in [3.63, 3.8) is 0 Å². The van der Waals surface area contributed by atoms with E-state index in [1.165, 1.54) is 23.5 Å². The molecule has 4 rings (SSSR count). The Bertz CT molecular complexity index is 1140. The summed E-state index contributed by atoms with van der Waals surface area (Å²) in [5.74, 6) is -0.506. The van der Waals surface area contributed by atoms with E-state index >= 15 is 0 Å². The van der Waals surface area contributed by atoms with Crippen molar-refractivity contribution < 1.29 is 18.0 Å². The molecule has 1 aromatic carbocycles. The summed E-state index contributed by atoms with van der Waals surface area (Å²) < 4.78 is 24.8. The van der Waals surface area contributed by atoms with Crippen LogP contribution in [0.2, 0.25) is 0 Å². The summed E-state index contributed by atoms with van der Waals surface area (Å²) in [5, 5.41) is 8.55. The van der Waals surface area contributed by atoms with Crippen LogP contribution >= 0.6 is 11.3 Å². The normalized spacial score (nSPS) is 14.3. The Morgan fingerprint density at radius 3 is 2.63 bits per heavy atom. The van der Waals surface area contributed by atoms with Crippen LogP contribution in [-0.2, 0) is 26.1 Å². The van der Waals surface area contributed by atoms with Gasteiger partial charge >= 0.3 is 0 Å². The van der Waals surface area contributed by atoms with Gasteiger partial charge in [0.05, 0.1) is 10.1 Å². The number of carbonyl (C=O) groups excluding carboxylic acids is 1. The topological polar surface area (TPSA) is 111 Å². The Labute approximate surface area is 177 Å². The van der Waals surface area contributed by atoms with E-state index in [0.29, 0.717) is 23.5 Å². The van der Waals surface area contributed by atoms with Gasteiger partial charge in [-0.2, -0.15) is 0 Å². The van der Waals surface area contributed by atoms with Crippen LogP contribution in [0, 0.1) is 0 Å². The van der Waals surface area contributed by atoms with E-state index in [2.05, 4.69) is 20.4 Å². The number of oxime groups is 1. The number of anilines is 1. The van der Waals surface area contributed by atoms with Gasteiger partial charge in [-0.05, 0) is 31.0 Å². The molecule has 30 heavy (non-hydrogen) atoms. The number of thiazole rings is 1. The van der Waals surface area contributed by atoms with Crippen LogP contribution in [0.1, 0.15) is 24.0 Å². The molecule has 0 radical (unpaired) electrons. The zero-order valence-electron chi connectivity index (χ0n) is 15.8. The molecule has 0 bridgehead atoms. The second kappa shape index (κ2) is 8.72. The zero-order chi connectivity index (χ0) is 21.0. The van der Waals surface area contributed by atoms with Gasteiger partial charge in [0.1, 0.15) is 6.61 Å². The van der Waals surface area contributed by atoms with Gasteiger partial charge in [0.15, 0.2) is 20.7 Å². The first-order valence-electron chi connectivity index (χ1n) is 9.18. The molecule has 1 amide bonds. The van der Waals surface area contributed by atoms with Gasteiger partial charge in [0.25, 0.3) is 5.91 Å². The summed E-state index contributed by atoms with van der Waals surface area (Å²) in [6, 6.07) is 9.71. The average Bonchev–Trinajstić information content (AvgIpc) is 3.51. The largest absolute Gasteiger partial charge is 0.390 e. The van der Waals surface area contributed by atoms with E-state index in [1.807, 2.05) is 6.07 Å². The van der Waals surface area contributed by atoms with Crippen LogP contribution in [-0.4, -0.2) is 35.3 Å². The third-order valence-electron chi connectivity index (χ3n) is 4.40. The highest BCUT2D eigenvalue weighted by molar-refractivity contribution is 7.92. The van der Waals surface area contributed by atoms with E-state index in [4.69, 9.17) is 4.84 Å². The highest BCUT2D eigenvalue weighted by Gasteiger charge is 2.36. The number of hydrogen-bond donors (Lipinski definition) is 1. The van der Waals surface area contributed by atoms with Gasteiger partial charge in [0, 0.05) is 35.1 Å². The molecule has 1 aliphatic carbocycles. The molecule has 3 aromatic rings. The average molecular weight is 443 g/mol. The maximum atomic E-state index is 12.8. The van der Waals surface area contributed by atoms with Crippen molar-refractivity contribution in [2.75, 3.05) is 5.32 Å². The second-order valence-corrected chi connectivity index (χ2v) is 9.76. The van der Waals surface area contributed by atoms with Crippen LogP contribution in [0.4, 0.5) is 5.13 Å². The molecule has 0 saturated heterocycles. The Kier molecular flexibility index (Phi) is 5.86. The Balaban J connectivity index is 1.57. The van der Waals surface area contributed by atoms with E-state index in [0.717, 1.165) is 5.56 Å². The van der Waals surface area contributed by atoms with E-state index in [9.17, 15) is 13.2 Å². The second-order valence-electron chi connectivity index (χ2n) is 6.63. The number of carbonyl (C=O) groups is 1. The summed E-state index contributed by atoms with van der Waals surface area (Å²) in [6.07, 6.45) is 6.25. The molecule has 1 saturated carbocycles. The van der Waals surface area contributed by atoms with E-state index < -0.39 is 15.7 Å². The quantitative estimate of drug-likeness (QED) is 0.424. The molecular weight excluding hydrogens is 424 g/mol. The predicted octanol–water partition coefficient (Wildman–Crippen LogP) is 3.03. The molecular formula is C20H18N4O4S2. The maximum absolute atomic E-state index is 12.8. The van der Waals surface area contributed by atoms with E-state index in [-0.39, 0.29) is 22.5 Å². The summed E-state index contributed by atoms with van der Waals surface area (Å²) in [4.78, 5) is 26.4. The highest BCUT2D eigenvalue weighted by atomic mass is 32.2. The van der Waals surface area contributed by atoms with Crippen LogP contribution < -0.4 is 5.32 Å². The molecule has 0 aliphatic heterocycles. The zero-order valence-corrected chi connectivity index (χ0v) is 17.4. The van der Waals surface area contributed by atoms with Gasteiger partial charge in [-0.1, -0.05) is 23.4 Å². The molecule has 154 valence electrons. The summed E-state index contributed by atoms with van der Waals surface area (Å²) in [7, 11) is -3.31. The SMILES string of the molecule is O=C(Nc1nccs1)/C(=N/OCc1cccnc1)c1ccc(S(=O)(=O)C2CC2)cc1. The fraction of sp³-hybridized carbons (Fsp3) is 0.200. The van der Waals surface area contributed by atoms with Crippen molar-refractivity contribution in [3.05, 3.63) is 71.5 Å². The molecule has 10 heteroatoms. The van der Waals surface area contributed by atoms with Crippen LogP contribution in [0.3, 0.4) is 0 Å². The Morgan fingerprint density at radius 1 is 1.20 bits per heavy atom. The van der Waals surface area contributed by atoms with Gasteiger partial charge < -0.3 is 4.84 Å². The minimum absolute atomic E-state index is 0.0180. The monoisotopic (exact) mass is 442 g/mol. The number of sulfone groups is 1. The van der Waals surface area contributed by atoms with Gasteiger partial charge in [-0.3, -0.25) is 15.1 Å². The fourth-order valence-electron chi connectivity index (χ4n) is 2.69. The molecule has 1 fully saturated rings. The maximum Gasteiger partial charge on any atom is 0.280 e. The van der Waals surface area contributed by atoms with E-state index in [1.54, 1.807) is 42.2 Å². The van der Waals surface area contributed by atoms with Crippen molar-refractivity contribution in [2.45, 2.75) is 29.6 Å². The molecule has 8 nitrogen and oxygen atoms in total. The van der Waals surface area contributed by atoms with Gasteiger partial charge in [-0.15, -0.1) is 11.3 Å². The number of benzene rings is 1. The lowest BCUT2D eigenvalue weighted by Crippen LogP contribution is -2.24. The Morgan fingerprint density at radius 2 is 2.00 bits per heavy atom. The lowest BCUT2D eigenvalue weighted by molar-refractivity contribution is -0.110. The third-order valence-corrected chi connectivity index (χ3v) is 7.36. The molecule has 1 N–H and O–H groups in total. The smallest absolute Gasteiger partial charge is 0.280 e. The number of hydrogen-bond acceptors (Lipinski definition) is 8. The number of nitrogens with zero attached hydrogens (tertiary/aromatic N) is 3. The number of pyridine rings is 1. The standard InChI is InChI=1S/C20H18N4O4S2/c25-19(23-20-22-10-11-29-20)18(24-28-13-14-2-1-9-21-12-14)15-3-5-16(6-4-15)30(26,27)17-7-8-17/h1-6,9-12,17H,7-8,13H2,(H,22,23,25)/b24-18+. The summed E-state index contributed by atoms with van der Waals surface area (Å²) >= 11 is 1.27. The number of nitrogens with one attached hydrogen (secondary N) is 1.